The van der Waals surface area contributed by atoms with Crippen LogP contribution in [0.4, 0.5) is 0 Å². The van der Waals surface area contributed by atoms with E-state index in [9.17, 15) is 4.79 Å². The topological polar surface area (TPSA) is 26.3 Å². The van der Waals surface area contributed by atoms with Gasteiger partial charge in [-0.3, -0.25) is 0 Å². The zero-order valence-corrected chi connectivity index (χ0v) is 15.9. The molecular formula is C17H9Br3O2. The number of hydrogen-bond acceptors (Lipinski definition) is 2. The number of esters is 1. The molecule has 5 heteroatoms. The number of ether oxygens (including phenoxy) is 1. The van der Waals surface area contributed by atoms with Crippen LogP contribution in [0.1, 0.15) is 10.4 Å². The molecule has 0 aromatic heterocycles. The van der Waals surface area contributed by atoms with Gasteiger partial charge in [-0.25, -0.2) is 4.79 Å². The highest BCUT2D eigenvalue weighted by molar-refractivity contribution is 9.11. The Kier molecular flexibility index (Phi) is 4.66. The minimum absolute atomic E-state index is 0.388. The molecule has 0 amide bonds. The summed E-state index contributed by atoms with van der Waals surface area (Å²) in [7, 11) is 0. The van der Waals surface area contributed by atoms with Gasteiger partial charge in [-0.1, -0.05) is 52.3 Å². The van der Waals surface area contributed by atoms with Crippen LogP contribution < -0.4 is 4.74 Å². The molecule has 110 valence electrons. The first-order valence-corrected chi connectivity index (χ1v) is 8.78. The summed E-state index contributed by atoms with van der Waals surface area (Å²) in [5.74, 6) is 0.0710. The van der Waals surface area contributed by atoms with Gasteiger partial charge in [0.15, 0.2) is 5.75 Å². The van der Waals surface area contributed by atoms with Gasteiger partial charge in [0.05, 0.1) is 14.5 Å². The molecule has 0 aliphatic rings. The molecule has 2 nitrogen and oxygen atoms in total. The Morgan fingerprint density at radius 3 is 2.23 bits per heavy atom. The minimum atomic E-state index is -0.388. The van der Waals surface area contributed by atoms with Crippen LogP contribution in [0.5, 0.6) is 5.75 Å². The number of carbonyl (C=O) groups is 1. The zero-order chi connectivity index (χ0) is 15.7. The molecule has 0 bridgehead atoms. The number of hydrogen-bond donors (Lipinski definition) is 0. The maximum atomic E-state index is 12.5. The van der Waals surface area contributed by atoms with Crippen LogP contribution in [0.25, 0.3) is 10.8 Å². The Hall–Kier alpha value is -1.17. The molecule has 3 aromatic rings. The van der Waals surface area contributed by atoms with Gasteiger partial charge in [0, 0.05) is 4.47 Å². The van der Waals surface area contributed by atoms with Crippen molar-refractivity contribution < 1.29 is 9.53 Å². The monoisotopic (exact) mass is 482 g/mol. The lowest BCUT2D eigenvalue weighted by atomic mass is 10.0. The lowest BCUT2D eigenvalue weighted by Crippen LogP contribution is -2.09. The van der Waals surface area contributed by atoms with E-state index in [0.29, 0.717) is 20.3 Å². The van der Waals surface area contributed by atoms with Crippen LogP contribution in [0.2, 0.25) is 0 Å². The summed E-state index contributed by atoms with van der Waals surface area (Å²) in [6.07, 6.45) is 0. The van der Waals surface area contributed by atoms with Crippen LogP contribution in [0.3, 0.4) is 0 Å². The largest absolute Gasteiger partial charge is 0.420 e. The maximum absolute atomic E-state index is 12.5. The SMILES string of the molecule is O=C(Oc1c(Br)cc(Br)cc1Br)c1cccc2ccccc12. The smallest absolute Gasteiger partial charge is 0.344 e. The normalized spacial score (nSPS) is 10.7. The second kappa shape index (κ2) is 6.52. The molecule has 0 unspecified atom stereocenters. The first-order chi connectivity index (χ1) is 10.6. The average Bonchev–Trinajstić information content (AvgIpc) is 2.50. The number of halogens is 3. The van der Waals surface area contributed by atoms with Crippen LogP contribution in [0.15, 0.2) is 68.0 Å². The first kappa shape index (κ1) is 15.7. The number of carbonyl (C=O) groups excluding carboxylic acids is 1. The predicted molar refractivity (Wildman–Crippen MR) is 98.4 cm³/mol. The van der Waals surface area contributed by atoms with Gasteiger partial charge in [0.1, 0.15) is 0 Å². The van der Waals surface area contributed by atoms with E-state index in [1.54, 1.807) is 6.07 Å². The summed E-state index contributed by atoms with van der Waals surface area (Å²) in [6.45, 7) is 0. The van der Waals surface area contributed by atoms with Crippen molar-refractivity contribution in [3.05, 3.63) is 73.6 Å². The average molecular weight is 485 g/mol. The summed E-state index contributed by atoms with van der Waals surface area (Å²) in [5, 5.41) is 1.88. The van der Waals surface area contributed by atoms with Crippen molar-refractivity contribution >= 4 is 64.5 Å². The van der Waals surface area contributed by atoms with Gasteiger partial charge in [-0.2, -0.15) is 0 Å². The lowest BCUT2D eigenvalue weighted by molar-refractivity contribution is 0.0734. The van der Waals surface area contributed by atoms with Gasteiger partial charge < -0.3 is 4.74 Å². The Balaban J connectivity index is 2.01. The van der Waals surface area contributed by atoms with Crippen molar-refractivity contribution in [2.45, 2.75) is 0 Å². The molecule has 0 atom stereocenters. The summed E-state index contributed by atoms with van der Waals surface area (Å²) >= 11 is 10.2. The third-order valence-electron chi connectivity index (χ3n) is 3.17. The van der Waals surface area contributed by atoms with E-state index in [-0.39, 0.29) is 5.97 Å². The Morgan fingerprint density at radius 1 is 0.864 bits per heavy atom. The molecule has 0 fully saturated rings. The number of rotatable bonds is 2. The van der Waals surface area contributed by atoms with Crippen molar-refractivity contribution in [3.8, 4) is 5.75 Å². The fourth-order valence-corrected chi connectivity index (χ4v) is 4.60. The Labute approximate surface area is 152 Å². The second-order valence-electron chi connectivity index (χ2n) is 4.61. The van der Waals surface area contributed by atoms with Crippen molar-refractivity contribution in [2.75, 3.05) is 0 Å². The van der Waals surface area contributed by atoms with E-state index in [1.165, 1.54) is 0 Å². The van der Waals surface area contributed by atoms with Gasteiger partial charge in [0.2, 0.25) is 0 Å². The third kappa shape index (κ3) is 3.12. The highest BCUT2D eigenvalue weighted by atomic mass is 79.9. The van der Waals surface area contributed by atoms with Crippen molar-refractivity contribution in [1.82, 2.24) is 0 Å². The van der Waals surface area contributed by atoms with E-state index in [2.05, 4.69) is 47.8 Å². The predicted octanol–water partition coefficient (Wildman–Crippen LogP) is 6.35. The van der Waals surface area contributed by atoms with Gasteiger partial charge in [0.25, 0.3) is 0 Å². The fraction of sp³-hybridized carbons (Fsp3) is 0. The van der Waals surface area contributed by atoms with E-state index < -0.39 is 0 Å². The fourth-order valence-electron chi connectivity index (χ4n) is 2.18. The summed E-state index contributed by atoms with van der Waals surface area (Å²) in [4.78, 5) is 12.5. The zero-order valence-electron chi connectivity index (χ0n) is 11.1. The molecule has 3 aromatic carbocycles. The third-order valence-corrected chi connectivity index (χ3v) is 4.80. The quantitative estimate of drug-likeness (QED) is 0.313. The van der Waals surface area contributed by atoms with Crippen LogP contribution in [-0.2, 0) is 0 Å². The van der Waals surface area contributed by atoms with Crippen LogP contribution in [-0.4, -0.2) is 5.97 Å². The van der Waals surface area contributed by atoms with Crippen molar-refractivity contribution in [3.63, 3.8) is 0 Å². The van der Waals surface area contributed by atoms with E-state index in [4.69, 9.17) is 4.74 Å². The highest BCUT2D eigenvalue weighted by Gasteiger charge is 2.16. The van der Waals surface area contributed by atoms with Crippen LogP contribution in [0, 0.1) is 0 Å². The molecule has 0 heterocycles. The Morgan fingerprint density at radius 2 is 1.50 bits per heavy atom. The van der Waals surface area contributed by atoms with Crippen molar-refractivity contribution in [2.24, 2.45) is 0 Å². The lowest BCUT2D eigenvalue weighted by Gasteiger charge is -2.10. The molecule has 3 rings (SSSR count). The summed E-state index contributed by atoms with van der Waals surface area (Å²) in [6, 6.07) is 17.0. The minimum Gasteiger partial charge on any atom is -0.420 e. The maximum Gasteiger partial charge on any atom is 0.344 e. The standard InChI is InChI=1S/C17H9Br3O2/c18-11-8-14(19)16(15(20)9-11)22-17(21)13-7-3-5-10-4-1-2-6-12(10)13/h1-9H. The van der Waals surface area contributed by atoms with Crippen molar-refractivity contribution in [1.29, 1.82) is 0 Å². The molecule has 0 saturated carbocycles. The highest BCUT2D eigenvalue weighted by Crippen LogP contribution is 2.37. The van der Waals surface area contributed by atoms with E-state index >= 15 is 0 Å². The molecule has 0 spiro atoms. The molecule has 0 aliphatic carbocycles. The molecule has 0 aliphatic heterocycles. The van der Waals surface area contributed by atoms with E-state index in [0.717, 1.165) is 15.2 Å². The van der Waals surface area contributed by atoms with Crippen LogP contribution >= 0.6 is 47.8 Å². The number of benzene rings is 3. The molecule has 0 N–H and O–H groups in total. The molecular weight excluding hydrogens is 476 g/mol. The van der Waals surface area contributed by atoms with Gasteiger partial charge >= 0.3 is 5.97 Å². The summed E-state index contributed by atoms with van der Waals surface area (Å²) in [5.41, 5.74) is 0.541. The molecule has 0 saturated heterocycles. The molecule has 0 radical (unpaired) electrons. The first-order valence-electron chi connectivity index (χ1n) is 6.41. The molecule has 22 heavy (non-hydrogen) atoms. The van der Waals surface area contributed by atoms with Gasteiger partial charge in [-0.15, -0.1) is 0 Å². The Bertz CT molecular complexity index is 846. The number of fused-ring (bicyclic) bond motifs is 1. The van der Waals surface area contributed by atoms with E-state index in [1.807, 2.05) is 48.5 Å². The van der Waals surface area contributed by atoms with Gasteiger partial charge in [-0.05, 0) is 60.8 Å². The summed E-state index contributed by atoms with van der Waals surface area (Å²) < 4.78 is 7.85. The second-order valence-corrected chi connectivity index (χ2v) is 7.24.